The Kier molecular flexibility index (Phi) is 39.2. The Balaban J connectivity index is 0.000000232. The van der Waals surface area contributed by atoms with Gasteiger partial charge in [-0.2, -0.15) is 0 Å². The van der Waals surface area contributed by atoms with Crippen LogP contribution in [0, 0.1) is 0 Å². The van der Waals surface area contributed by atoms with Crippen LogP contribution in [0.2, 0.25) is 0 Å². The number of esters is 5. The second-order valence-electron chi connectivity index (χ2n) is 35.1. The minimum Gasteiger partial charge on any atom is -0.480 e. The molecule has 9 amide bonds. The van der Waals surface area contributed by atoms with Crippen molar-refractivity contribution >= 4 is 89.5 Å². The van der Waals surface area contributed by atoms with Gasteiger partial charge in [-0.1, -0.05) is 72.9 Å². The summed E-state index contributed by atoms with van der Waals surface area (Å²) in [5.41, 5.74) is 15.4. The van der Waals surface area contributed by atoms with Crippen molar-refractivity contribution in [3.63, 3.8) is 0 Å². The maximum absolute atomic E-state index is 13.1. The Morgan fingerprint density at radius 2 is 0.653 bits per heavy atom. The number of carboxylic acid groups (broad SMARTS) is 1. The molecule has 690 valence electrons. The molecule has 0 aromatic rings. The van der Waals surface area contributed by atoms with Crippen LogP contribution in [0.25, 0.3) is 0 Å². The van der Waals surface area contributed by atoms with Gasteiger partial charge >= 0.3 is 54.1 Å². The van der Waals surface area contributed by atoms with Gasteiger partial charge in [0.05, 0.1) is 53.7 Å². The van der Waals surface area contributed by atoms with Crippen LogP contribution in [0.5, 0.6) is 0 Å². The van der Waals surface area contributed by atoms with E-state index in [1.165, 1.54) is 45.3 Å². The summed E-state index contributed by atoms with van der Waals surface area (Å²) in [5.74, 6) is -4.24. The highest BCUT2D eigenvalue weighted by Gasteiger charge is 2.50. The van der Waals surface area contributed by atoms with Gasteiger partial charge in [0.15, 0.2) is 0 Å². The van der Waals surface area contributed by atoms with Crippen molar-refractivity contribution in [2.75, 3.05) is 35.5 Å². The molecule has 11 aliphatic heterocycles. The summed E-state index contributed by atoms with van der Waals surface area (Å²) in [7, 11) is 6.64. The van der Waals surface area contributed by atoms with E-state index in [0.29, 0.717) is 96.3 Å². The van der Waals surface area contributed by atoms with Crippen molar-refractivity contribution < 1.29 is 115 Å². The second-order valence-corrected chi connectivity index (χ2v) is 35.1. The first-order valence-electron chi connectivity index (χ1n) is 42.8. The maximum Gasteiger partial charge on any atom is 0.408 e. The van der Waals surface area contributed by atoms with E-state index in [9.17, 15) is 71.9 Å². The number of carbonyl (C=O) groups excluding carboxylic acids is 14. The first-order valence-corrected chi connectivity index (χ1v) is 42.8. The van der Waals surface area contributed by atoms with E-state index in [2.05, 4.69) is 29.1 Å². The van der Waals surface area contributed by atoms with E-state index >= 15 is 0 Å². The van der Waals surface area contributed by atoms with E-state index in [0.717, 1.165) is 51.4 Å². The molecule has 11 aliphatic rings. The summed E-state index contributed by atoms with van der Waals surface area (Å²) in [4.78, 5) is 191. The Labute approximate surface area is 727 Å². The van der Waals surface area contributed by atoms with Gasteiger partial charge in [0.25, 0.3) is 0 Å². The van der Waals surface area contributed by atoms with Crippen molar-refractivity contribution in [2.45, 2.75) is 342 Å². The quantitative estimate of drug-likeness (QED) is 0.0547. The zero-order chi connectivity index (χ0) is 92.3. The van der Waals surface area contributed by atoms with Gasteiger partial charge in [0.2, 0.25) is 35.4 Å². The summed E-state index contributed by atoms with van der Waals surface area (Å²) in [6.45, 7) is 23.1. The molecule has 0 aliphatic carbocycles. The molecular weight excluding hydrogens is 1610 g/mol. The molecule has 36 heteroatoms. The molecule has 6 fully saturated rings. The average molecular weight is 1740 g/mol. The van der Waals surface area contributed by atoms with E-state index in [4.69, 9.17) is 60.2 Å². The van der Waals surface area contributed by atoms with Crippen LogP contribution in [0.4, 0.5) is 14.4 Å². The smallest absolute Gasteiger partial charge is 0.408 e. The molecule has 0 spiro atoms. The van der Waals surface area contributed by atoms with Crippen molar-refractivity contribution in [1.82, 2.24) is 45.3 Å². The van der Waals surface area contributed by atoms with E-state index in [1.54, 1.807) is 94.1 Å². The molecule has 0 aromatic carbocycles. The summed E-state index contributed by atoms with van der Waals surface area (Å²) in [5, 5.41) is 16.9. The van der Waals surface area contributed by atoms with Gasteiger partial charge < -0.3 is 106 Å². The van der Waals surface area contributed by atoms with Crippen molar-refractivity contribution in [1.29, 1.82) is 0 Å². The number of methoxy groups -OCH3 is 5. The average Bonchev–Trinajstić information content (AvgIpc) is 1.70. The Morgan fingerprint density at radius 1 is 0.387 bits per heavy atom. The maximum atomic E-state index is 13.1. The molecule has 36 nitrogen and oxygen atoms in total. The highest BCUT2D eigenvalue weighted by Crippen LogP contribution is 2.36. The first kappa shape index (κ1) is 102. The van der Waals surface area contributed by atoms with Crippen LogP contribution < -0.4 is 33.2 Å². The fourth-order valence-electron chi connectivity index (χ4n) is 17.0. The predicted octanol–water partition coefficient (Wildman–Crippen LogP) is 6.59. The number of alkyl carbamates (subject to hydrolysis) is 3. The normalized spacial score (nSPS) is 29.6. The van der Waals surface area contributed by atoms with Gasteiger partial charge in [-0.3, -0.25) is 28.8 Å². The van der Waals surface area contributed by atoms with Gasteiger partial charge in [-0.15, -0.1) is 13.2 Å². The van der Waals surface area contributed by atoms with Crippen LogP contribution in [0.1, 0.15) is 216 Å². The summed E-state index contributed by atoms with van der Waals surface area (Å²) < 4.78 is 39.7. The molecule has 1 unspecified atom stereocenters. The number of aliphatic carboxylic acids is 1. The van der Waals surface area contributed by atoms with Crippen LogP contribution in [0.15, 0.2) is 86.1 Å². The fraction of sp³-hybridized carbons (Fsp3) is 0.670. The summed E-state index contributed by atoms with van der Waals surface area (Å²) in [6, 6.07) is -7.49. The molecule has 11 heterocycles. The fourth-order valence-corrected chi connectivity index (χ4v) is 17.0. The molecule has 0 saturated carbocycles. The van der Waals surface area contributed by atoms with Gasteiger partial charge in [0, 0.05) is 36.3 Å². The first-order chi connectivity index (χ1) is 58.5. The number of rotatable bonds is 14. The van der Waals surface area contributed by atoms with Crippen molar-refractivity contribution in [2.24, 2.45) is 17.2 Å². The molecular formula is C88H134N12O24. The lowest BCUT2D eigenvalue weighted by Gasteiger charge is -2.33. The van der Waals surface area contributed by atoms with Crippen LogP contribution in [-0.2, 0) is 95.4 Å². The molecule has 11 rings (SSSR count). The molecule has 6 saturated heterocycles. The number of nitrogens with one attached hydrogen (secondary N) is 3. The lowest BCUT2D eigenvalue weighted by atomic mass is 10.0. The minimum absolute atomic E-state index is 0.0104. The van der Waals surface area contributed by atoms with Gasteiger partial charge in [-0.25, -0.2) is 43.2 Å². The molecule has 10 N–H and O–H groups in total. The Hall–Kier alpha value is -10.5. The van der Waals surface area contributed by atoms with Gasteiger partial charge in [-0.05, 0) is 216 Å². The molecule has 0 radical (unpaired) electrons. The van der Waals surface area contributed by atoms with Crippen LogP contribution >= 0.6 is 0 Å². The summed E-state index contributed by atoms with van der Waals surface area (Å²) >= 11 is 0. The van der Waals surface area contributed by atoms with Gasteiger partial charge in [0.1, 0.15) is 71.2 Å². The third-order valence-corrected chi connectivity index (χ3v) is 22.7. The zero-order valence-corrected chi connectivity index (χ0v) is 74.5. The number of fused-ring (bicyclic) bond motifs is 5. The number of hydrogen-bond acceptors (Lipinski definition) is 26. The monoisotopic (exact) mass is 1740 g/mol. The van der Waals surface area contributed by atoms with Crippen LogP contribution in [0.3, 0.4) is 0 Å². The molecule has 0 aromatic heterocycles. The Bertz CT molecular complexity index is 3770. The Morgan fingerprint density at radius 3 is 0.944 bits per heavy atom. The largest absolute Gasteiger partial charge is 0.480 e. The van der Waals surface area contributed by atoms with Crippen molar-refractivity contribution in [3.8, 4) is 0 Å². The summed E-state index contributed by atoms with van der Waals surface area (Å²) in [6.07, 6.45) is 35.9. The van der Waals surface area contributed by atoms with Crippen LogP contribution in [-0.4, -0.2) is 285 Å². The second kappa shape index (κ2) is 47.6. The topological polar surface area (TPSA) is 484 Å². The SMILES string of the molecule is C=CCC1CC[C@@H](C(=O)OC)N1C(=O)[C@H](CC=C)NC(=O)OC(C)(C)C.COC(=O)[C@@H]1CC[C@@H]2C/C=C\C[C@H](N)C(=O)N21.COC(=O)[C@@H]1CC[C@@H]2C/C=C\C[C@H](N)C(=O)N21.COC(=O)[C@@H]1CC[C@@H]2C/C=C\C[C@H](NC(=O)OC(C)(C)C)C(=O)N21.COC(=O)[C@@H]1CC[C@@H]2C/C=C\C[C@H](NC(=O)OC(C)(C)C)C(=O)N21.N[C@H]1C/C=C\C[C@H]2CC[C@@H](C(=O)O)N2C1=O. The number of likely N-dealkylation sites (tertiary alicyclic amines) is 1. The van der Waals surface area contributed by atoms with Crippen molar-refractivity contribution in [3.05, 3.63) is 86.1 Å². The van der Waals surface area contributed by atoms with E-state index in [1.807, 2.05) is 60.8 Å². The number of amides is 9. The molecule has 0 bridgehead atoms. The lowest BCUT2D eigenvalue weighted by Crippen LogP contribution is -2.55. The lowest BCUT2D eigenvalue weighted by molar-refractivity contribution is -0.153. The number of carbonyl (C=O) groups is 15. The molecule has 18 atom stereocenters. The highest BCUT2D eigenvalue weighted by atomic mass is 16.6. The minimum atomic E-state index is -0.924. The zero-order valence-electron chi connectivity index (χ0n) is 74.5. The number of carboxylic acids is 1. The third-order valence-electron chi connectivity index (χ3n) is 22.7. The number of nitrogens with zero attached hydrogens (tertiary/aromatic N) is 6. The van der Waals surface area contributed by atoms with E-state index < -0.39 is 131 Å². The molecule has 124 heavy (non-hydrogen) atoms. The number of ether oxygens (including phenoxy) is 8. The predicted molar refractivity (Wildman–Crippen MR) is 455 cm³/mol. The van der Waals surface area contributed by atoms with E-state index in [-0.39, 0.29) is 90.1 Å². The third kappa shape index (κ3) is 28.8. The number of nitrogens with two attached hydrogens (primary N) is 3. The number of hydrogen-bond donors (Lipinski definition) is 7. The standard InChI is InChI=1S/C19H30N2O5.2C17H26N2O5.2C12H18N2O3.C11H16N2O3/c1-7-9-13-11-12-15(17(23)25-6)21(13)16(22)14(10-8-2)20-18(24)26-19(3,4)5;2*1-17(2,3)24-16(22)18-12-8-6-5-7-11-9-10-13(15(21)23-4)19(11)14(12)20;2*1-17-12(16)10-7-6-8-4-2-3-5-9(13)11(15)14(8)10;12-8-4-2-1-3-7-5-6-9(11(15)16)13(7)10(8)14/h7-8,13-15H,1-2,9-12H2,3-6H3,(H,20,24);2*5-6,11-13H,7-10H2,1-4H3,(H,18,22);2*2-3,8-10H,4-7,13H2,1H3;1-2,7-9H,3-6,12H2,(H,15,16)/b;2*6-5-;2*3-2-;2-1-/t13?,14-,15-;2*11-,12-,13-;2*8-,9-,10-;7-,8-,9-/m000000/s1. The highest BCUT2D eigenvalue weighted by molar-refractivity contribution is 5.94.